The molecule has 2 N–H and O–H groups in total. The van der Waals surface area contributed by atoms with E-state index in [9.17, 15) is 9.59 Å². The van der Waals surface area contributed by atoms with Crippen molar-refractivity contribution in [2.24, 2.45) is 5.73 Å². The number of nitrogens with two attached hydrogens (primary N) is 1. The molecule has 1 aliphatic heterocycles. The van der Waals surface area contributed by atoms with Crippen molar-refractivity contribution in [2.45, 2.75) is 19.0 Å². The molecule has 96 valence electrons. The Bertz CT molecular complexity index is 653. The number of rotatable bonds is 2. The summed E-state index contributed by atoms with van der Waals surface area (Å²) >= 11 is 0. The lowest BCUT2D eigenvalue weighted by molar-refractivity contribution is -0.141. The Morgan fingerprint density at radius 1 is 1.16 bits per heavy atom. The predicted molar refractivity (Wildman–Crippen MR) is 69.8 cm³/mol. The quantitative estimate of drug-likeness (QED) is 0.821. The number of benzene rings is 1. The van der Waals surface area contributed by atoms with Gasteiger partial charge in [0.15, 0.2) is 0 Å². The molecule has 0 saturated carbocycles. The molecule has 19 heavy (non-hydrogen) atoms. The highest BCUT2D eigenvalue weighted by Gasteiger charge is 2.34. The standard InChI is InChI=1S/C14H13N3O2/c15-14(17-12(18)5-6-13(17)19)10-7-9-3-1-2-4-11(9)16-8-10/h1-4,7-8,14H,5-6,15H2. The molecule has 1 aliphatic rings. The van der Waals surface area contributed by atoms with E-state index in [1.807, 2.05) is 30.3 Å². The van der Waals surface area contributed by atoms with Gasteiger partial charge >= 0.3 is 0 Å². The number of imide groups is 1. The van der Waals surface area contributed by atoms with Crippen molar-refractivity contribution < 1.29 is 9.59 Å². The van der Waals surface area contributed by atoms with Crippen molar-refractivity contribution in [3.8, 4) is 0 Å². The molecule has 3 rings (SSSR count). The summed E-state index contributed by atoms with van der Waals surface area (Å²) in [7, 11) is 0. The largest absolute Gasteiger partial charge is 0.307 e. The van der Waals surface area contributed by atoms with Crippen molar-refractivity contribution >= 4 is 22.7 Å². The van der Waals surface area contributed by atoms with Crippen LogP contribution in [0.25, 0.3) is 10.9 Å². The molecular weight excluding hydrogens is 242 g/mol. The highest BCUT2D eigenvalue weighted by Crippen LogP contribution is 2.24. The van der Waals surface area contributed by atoms with Crippen LogP contribution >= 0.6 is 0 Å². The minimum absolute atomic E-state index is 0.217. The Morgan fingerprint density at radius 2 is 1.84 bits per heavy atom. The second kappa shape index (κ2) is 4.44. The Balaban J connectivity index is 1.99. The highest BCUT2D eigenvalue weighted by atomic mass is 16.2. The Kier molecular flexibility index (Phi) is 2.76. The molecule has 5 heteroatoms. The molecule has 1 unspecified atom stereocenters. The van der Waals surface area contributed by atoms with Crippen LogP contribution < -0.4 is 5.73 Å². The van der Waals surface area contributed by atoms with E-state index >= 15 is 0 Å². The van der Waals surface area contributed by atoms with Crippen LogP contribution in [0.1, 0.15) is 24.6 Å². The molecule has 2 amide bonds. The molecule has 1 atom stereocenters. The van der Waals surface area contributed by atoms with Crippen LogP contribution in [0.15, 0.2) is 36.5 Å². The van der Waals surface area contributed by atoms with Gasteiger partial charge in [-0.05, 0) is 12.1 Å². The average molecular weight is 255 g/mol. The number of hydrogen-bond donors (Lipinski definition) is 1. The number of carbonyl (C=O) groups excluding carboxylic acids is 2. The fraction of sp³-hybridized carbons (Fsp3) is 0.214. The number of likely N-dealkylation sites (tertiary alicyclic amines) is 1. The minimum atomic E-state index is -0.750. The first kappa shape index (κ1) is 11.8. The number of hydrogen-bond acceptors (Lipinski definition) is 4. The van der Waals surface area contributed by atoms with Crippen molar-refractivity contribution in [1.82, 2.24) is 9.88 Å². The topological polar surface area (TPSA) is 76.3 Å². The summed E-state index contributed by atoms with van der Waals surface area (Å²) in [5.74, 6) is -0.434. The predicted octanol–water partition coefficient (Wildman–Crippen LogP) is 1.34. The third-order valence-electron chi connectivity index (χ3n) is 3.32. The Morgan fingerprint density at radius 3 is 2.58 bits per heavy atom. The van der Waals surface area contributed by atoms with Crippen LogP contribution in [0.2, 0.25) is 0 Å². The molecule has 1 aromatic heterocycles. The van der Waals surface area contributed by atoms with Gasteiger partial charge in [0.2, 0.25) is 11.8 Å². The maximum atomic E-state index is 11.7. The number of para-hydroxylation sites is 1. The summed E-state index contributed by atoms with van der Waals surface area (Å²) in [6.07, 6.45) is 1.35. The lowest BCUT2D eigenvalue weighted by Crippen LogP contribution is -2.38. The molecule has 0 aliphatic carbocycles. The first-order valence-electron chi connectivity index (χ1n) is 6.12. The van der Waals surface area contributed by atoms with E-state index in [-0.39, 0.29) is 24.7 Å². The van der Waals surface area contributed by atoms with E-state index in [2.05, 4.69) is 4.98 Å². The zero-order valence-corrected chi connectivity index (χ0v) is 10.2. The van der Waals surface area contributed by atoms with E-state index in [1.54, 1.807) is 6.20 Å². The Hall–Kier alpha value is -2.27. The van der Waals surface area contributed by atoms with Crippen LogP contribution in [0, 0.1) is 0 Å². The molecular formula is C14H13N3O2. The molecule has 0 bridgehead atoms. The monoisotopic (exact) mass is 255 g/mol. The fourth-order valence-corrected chi connectivity index (χ4v) is 2.30. The van der Waals surface area contributed by atoms with E-state index in [0.29, 0.717) is 5.56 Å². The third kappa shape index (κ3) is 1.98. The summed E-state index contributed by atoms with van der Waals surface area (Å²) in [6, 6.07) is 9.50. The summed E-state index contributed by atoms with van der Waals surface area (Å²) in [4.78, 5) is 28.8. The Labute approximate surface area is 110 Å². The van der Waals surface area contributed by atoms with Gasteiger partial charge in [-0.3, -0.25) is 19.5 Å². The summed E-state index contributed by atoms with van der Waals surface area (Å²) in [5.41, 5.74) is 7.54. The number of nitrogens with zero attached hydrogens (tertiary/aromatic N) is 2. The smallest absolute Gasteiger partial charge is 0.231 e. The second-order valence-corrected chi connectivity index (χ2v) is 4.56. The third-order valence-corrected chi connectivity index (χ3v) is 3.32. The van der Waals surface area contributed by atoms with E-state index < -0.39 is 6.17 Å². The first-order chi connectivity index (χ1) is 9.16. The number of amides is 2. The maximum absolute atomic E-state index is 11.7. The van der Waals surface area contributed by atoms with Crippen LogP contribution in [-0.2, 0) is 9.59 Å². The fourth-order valence-electron chi connectivity index (χ4n) is 2.30. The molecule has 1 saturated heterocycles. The summed E-state index contributed by atoms with van der Waals surface area (Å²) in [5, 5.41) is 0.939. The van der Waals surface area contributed by atoms with Crippen molar-refractivity contribution in [3.63, 3.8) is 0 Å². The minimum Gasteiger partial charge on any atom is -0.307 e. The molecule has 0 spiro atoms. The van der Waals surface area contributed by atoms with Gasteiger partial charge in [-0.15, -0.1) is 0 Å². The van der Waals surface area contributed by atoms with Gasteiger partial charge in [-0.2, -0.15) is 0 Å². The zero-order chi connectivity index (χ0) is 13.4. The van der Waals surface area contributed by atoms with Crippen LogP contribution in [-0.4, -0.2) is 21.7 Å². The molecule has 1 fully saturated rings. The van der Waals surface area contributed by atoms with E-state index in [1.165, 1.54) is 0 Å². The van der Waals surface area contributed by atoms with Gasteiger partial charge in [0.1, 0.15) is 6.17 Å². The normalized spacial score (nSPS) is 17.2. The summed E-state index contributed by atoms with van der Waals surface area (Å²) in [6.45, 7) is 0. The number of fused-ring (bicyclic) bond motifs is 1. The number of carbonyl (C=O) groups is 2. The zero-order valence-electron chi connectivity index (χ0n) is 10.2. The van der Waals surface area contributed by atoms with Gasteiger partial charge < -0.3 is 5.73 Å². The molecule has 5 nitrogen and oxygen atoms in total. The molecule has 2 heterocycles. The van der Waals surface area contributed by atoms with Gasteiger partial charge in [0, 0.05) is 30.0 Å². The lowest BCUT2D eigenvalue weighted by Gasteiger charge is -2.22. The SMILES string of the molecule is NC(c1cnc2ccccc2c1)N1C(=O)CCC1=O. The van der Waals surface area contributed by atoms with Gasteiger partial charge in [-0.25, -0.2) is 0 Å². The number of aromatic nitrogens is 1. The van der Waals surface area contributed by atoms with Crippen molar-refractivity contribution in [2.75, 3.05) is 0 Å². The molecule has 2 aromatic rings. The van der Waals surface area contributed by atoms with E-state index in [4.69, 9.17) is 5.73 Å². The van der Waals surface area contributed by atoms with Gasteiger partial charge in [0.25, 0.3) is 0 Å². The summed E-state index contributed by atoms with van der Waals surface area (Å²) < 4.78 is 0. The first-order valence-corrected chi connectivity index (χ1v) is 6.12. The van der Waals surface area contributed by atoms with Gasteiger partial charge in [0.05, 0.1) is 5.52 Å². The molecule has 1 aromatic carbocycles. The van der Waals surface area contributed by atoms with Crippen LogP contribution in [0.3, 0.4) is 0 Å². The highest BCUT2D eigenvalue weighted by molar-refractivity contribution is 6.02. The van der Waals surface area contributed by atoms with Crippen LogP contribution in [0.5, 0.6) is 0 Å². The average Bonchev–Trinajstić information content (AvgIpc) is 2.77. The number of pyridine rings is 1. The second-order valence-electron chi connectivity index (χ2n) is 4.56. The van der Waals surface area contributed by atoms with Crippen molar-refractivity contribution in [3.05, 3.63) is 42.1 Å². The van der Waals surface area contributed by atoms with Crippen LogP contribution in [0.4, 0.5) is 0 Å². The van der Waals surface area contributed by atoms with Crippen molar-refractivity contribution in [1.29, 1.82) is 0 Å². The van der Waals surface area contributed by atoms with Gasteiger partial charge in [-0.1, -0.05) is 18.2 Å². The molecule has 0 radical (unpaired) electrons. The maximum Gasteiger partial charge on any atom is 0.231 e. The lowest BCUT2D eigenvalue weighted by atomic mass is 10.1. The van der Waals surface area contributed by atoms with E-state index in [0.717, 1.165) is 15.8 Å².